The molecular weight excluding hydrogens is 201 g/mol. The fourth-order valence-electron chi connectivity index (χ4n) is 1.16. The van der Waals surface area contributed by atoms with Crippen LogP contribution in [0.4, 0.5) is 4.39 Å². The first-order chi connectivity index (χ1) is 6.18. The second-order valence-electron chi connectivity index (χ2n) is 3.49. The number of nitrogens with one attached hydrogen (secondary N) is 1. The summed E-state index contributed by atoms with van der Waals surface area (Å²) in [4.78, 5) is 0. The maximum Gasteiger partial charge on any atom is 0.123 e. The zero-order valence-electron chi connectivity index (χ0n) is 8.59. The van der Waals surface area contributed by atoms with E-state index in [4.69, 9.17) is 0 Å². The van der Waals surface area contributed by atoms with Crippen molar-refractivity contribution >= 4 is 12.4 Å². The highest BCUT2D eigenvalue weighted by Crippen LogP contribution is 2.02. The number of hydrogen-bond donors (Lipinski definition) is 1. The summed E-state index contributed by atoms with van der Waals surface area (Å²) >= 11 is 0. The van der Waals surface area contributed by atoms with E-state index in [1.807, 2.05) is 12.1 Å². The van der Waals surface area contributed by atoms with Crippen molar-refractivity contribution < 1.29 is 4.39 Å². The van der Waals surface area contributed by atoms with Crippen molar-refractivity contribution in [3.8, 4) is 0 Å². The highest BCUT2D eigenvalue weighted by molar-refractivity contribution is 5.85. The van der Waals surface area contributed by atoms with Gasteiger partial charge in [-0.25, -0.2) is 4.39 Å². The highest BCUT2D eigenvalue weighted by atomic mass is 35.5. The average molecular weight is 218 g/mol. The van der Waals surface area contributed by atoms with Crippen molar-refractivity contribution in [3.05, 3.63) is 35.6 Å². The van der Waals surface area contributed by atoms with Crippen LogP contribution in [0, 0.1) is 5.82 Å². The molecule has 0 radical (unpaired) electrons. The van der Waals surface area contributed by atoms with E-state index in [1.54, 1.807) is 0 Å². The summed E-state index contributed by atoms with van der Waals surface area (Å²) in [6, 6.07) is 7.19. The van der Waals surface area contributed by atoms with Crippen molar-refractivity contribution in [2.24, 2.45) is 0 Å². The molecule has 0 aliphatic rings. The quantitative estimate of drug-likeness (QED) is 0.818. The summed E-state index contributed by atoms with van der Waals surface area (Å²) in [5, 5.41) is 3.31. The van der Waals surface area contributed by atoms with Crippen molar-refractivity contribution in [2.45, 2.75) is 26.3 Å². The molecule has 3 heteroatoms. The summed E-state index contributed by atoms with van der Waals surface area (Å²) in [6.07, 6.45) is 0.957. The van der Waals surface area contributed by atoms with Gasteiger partial charge < -0.3 is 5.32 Å². The Hall–Kier alpha value is -0.600. The lowest BCUT2D eigenvalue weighted by Crippen LogP contribution is -2.24. The molecule has 0 heterocycles. The Balaban J connectivity index is 0.00000169. The van der Waals surface area contributed by atoms with E-state index in [0.29, 0.717) is 6.04 Å². The van der Waals surface area contributed by atoms with Crippen LogP contribution in [-0.4, -0.2) is 12.6 Å². The van der Waals surface area contributed by atoms with E-state index < -0.39 is 0 Å². The predicted octanol–water partition coefficient (Wildman–Crippen LogP) is 2.79. The van der Waals surface area contributed by atoms with Crippen molar-refractivity contribution in [3.63, 3.8) is 0 Å². The van der Waals surface area contributed by atoms with Gasteiger partial charge >= 0.3 is 0 Å². The Morgan fingerprint density at radius 1 is 1.21 bits per heavy atom. The third kappa shape index (κ3) is 5.20. The lowest BCUT2D eigenvalue weighted by atomic mass is 10.1. The topological polar surface area (TPSA) is 12.0 Å². The summed E-state index contributed by atoms with van der Waals surface area (Å²) in [7, 11) is 0. The Bertz CT molecular complexity index is 246. The summed E-state index contributed by atoms with van der Waals surface area (Å²) in [5.74, 6) is -0.166. The summed E-state index contributed by atoms with van der Waals surface area (Å²) in [5.41, 5.74) is 1.18. The van der Waals surface area contributed by atoms with E-state index in [9.17, 15) is 4.39 Å². The monoisotopic (exact) mass is 217 g/mol. The van der Waals surface area contributed by atoms with Crippen LogP contribution in [0.1, 0.15) is 19.4 Å². The minimum Gasteiger partial charge on any atom is -0.314 e. The molecule has 1 aromatic carbocycles. The van der Waals surface area contributed by atoms with Crippen LogP contribution >= 0.6 is 12.4 Å². The first kappa shape index (κ1) is 13.4. The van der Waals surface area contributed by atoms with Gasteiger partial charge in [-0.3, -0.25) is 0 Å². The Morgan fingerprint density at radius 3 is 2.29 bits per heavy atom. The molecule has 0 atom stereocenters. The van der Waals surface area contributed by atoms with E-state index in [1.165, 1.54) is 17.7 Å². The predicted molar refractivity (Wildman–Crippen MR) is 60.5 cm³/mol. The van der Waals surface area contributed by atoms with Crippen molar-refractivity contribution in [1.82, 2.24) is 5.32 Å². The van der Waals surface area contributed by atoms with Crippen LogP contribution in [0.3, 0.4) is 0 Å². The molecule has 14 heavy (non-hydrogen) atoms. The molecule has 0 aromatic heterocycles. The zero-order valence-corrected chi connectivity index (χ0v) is 9.40. The smallest absolute Gasteiger partial charge is 0.123 e. The summed E-state index contributed by atoms with van der Waals surface area (Å²) < 4.78 is 12.5. The van der Waals surface area contributed by atoms with Crippen LogP contribution in [0.5, 0.6) is 0 Å². The fourth-order valence-corrected chi connectivity index (χ4v) is 1.16. The largest absolute Gasteiger partial charge is 0.314 e. The van der Waals surface area contributed by atoms with E-state index in [2.05, 4.69) is 19.2 Å². The minimum atomic E-state index is -0.166. The molecule has 0 saturated carbocycles. The number of halogens is 2. The highest BCUT2D eigenvalue weighted by Gasteiger charge is 1.95. The molecule has 0 aliphatic carbocycles. The second-order valence-corrected chi connectivity index (χ2v) is 3.49. The third-order valence-corrected chi connectivity index (χ3v) is 1.88. The van der Waals surface area contributed by atoms with Gasteiger partial charge in [-0.05, 0) is 30.7 Å². The van der Waals surface area contributed by atoms with Gasteiger partial charge in [0.15, 0.2) is 0 Å². The molecule has 1 rings (SSSR count). The second kappa shape index (κ2) is 6.80. The van der Waals surface area contributed by atoms with Crippen molar-refractivity contribution in [2.75, 3.05) is 6.54 Å². The van der Waals surface area contributed by atoms with Crippen LogP contribution in [0.2, 0.25) is 0 Å². The first-order valence-corrected chi connectivity index (χ1v) is 4.66. The molecule has 0 saturated heterocycles. The number of benzene rings is 1. The third-order valence-electron chi connectivity index (χ3n) is 1.88. The minimum absolute atomic E-state index is 0. The van der Waals surface area contributed by atoms with Gasteiger partial charge in [0, 0.05) is 6.04 Å². The average Bonchev–Trinajstić information content (AvgIpc) is 2.08. The van der Waals surface area contributed by atoms with Gasteiger partial charge in [0.25, 0.3) is 0 Å². The molecule has 1 aromatic rings. The van der Waals surface area contributed by atoms with Crippen LogP contribution < -0.4 is 5.32 Å². The lowest BCUT2D eigenvalue weighted by Gasteiger charge is -2.07. The molecule has 0 fully saturated rings. The van der Waals surface area contributed by atoms with Gasteiger partial charge in [0.2, 0.25) is 0 Å². The van der Waals surface area contributed by atoms with Gasteiger partial charge in [-0.15, -0.1) is 12.4 Å². The molecule has 0 bridgehead atoms. The molecular formula is C11H17ClFN. The van der Waals surface area contributed by atoms with Gasteiger partial charge in [-0.2, -0.15) is 0 Å². The first-order valence-electron chi connectivity index (χ1n) is 4.66. The van der Waals surface area contributed by atoms with Crippen LogP contribution in [0.25, 0.3) is 0 Å². The van der Waals surface area contributed by atoms with Gasteiger partial charge in [0.1, 0.15) is 5.82 Å². The van der Waals surface area contributed by atoms with E-state index in [0.717, 1.165) is 13.0 Å². The maximum absolute atomic E-state index is 12.5. The fraction of sp³-hybridized carbons (Fsp3) is 0.455. The Labute approximate surface area is 91.1 Å². The molecule has 1 nitrogen and oxygen atoms in total. The molecule has 0 unspecified atom stereocenters. The molecule has 1 N–H and O–H groups in total. The van der Waals surface area contributed by atoms with Gasteiger partial charge in [-0.1, -0.05) is 26.0 Å². The molecule has 0 spiro atoms. The standard InChI is InChI=1S/C11H16FN.ClH/c1-9(2)13-8-7-10-3-5-11(12)6-4-10;/h3-6,9,13H,7-8H2,1-2H3;1H. The molecule has 80 valence electrons. The SMILES string of the molecule is CC(C)NCCc1ccc(F)cc1.Cl. The van der Waals surface area contributed by atoms with E-state index in [-0.39, 0.29) is 18.2 Å². The van der Waals surface area contributed by atoms with Gasteiger partial charge in [0.05, 0.1) is 0 Å². The number of hydrogen-bond acceptors (Lipinski definition) is 1. The number of rotatable bonds is 4. The maximum atomic E-state index is 12.5. The van der Waals surface area contributed by atoms with E-state index >= 15 is 0 Å². The Morgan fingerprint density at radius 2 is 1.79 bits per heavy atom. The lowest BCUT2D eigenvalue weighted by molar-refractivity contribution is 0.589. The normalized spacial score (nSPS) is 10.0. The zero-order chi connectivity index (χ0) is 9.68. The molecule has 0 aliphatic heterocycles. The van der Waals surface area contributed by atoms with Crippen LogP contribution in [0.15, 0.2) is 24.3 Å². The van der Waals surface area contributed by atoms with Crippen molar-refractivity contribution in [1.29, 1.82) is 0 Å². The van der Waals surface area contributed by atoms with Crippen LogP contribution in [-0.2, 0) is 6.42 Å². The Kier molecular flexibility index (Phi) is 6.50. The molecule has 0 amide bonds. The summed E-state index contributed by atoms with van der Waals surface area (Å²) in [6.45, 7) is 5.18.